The molecule has 2 aliphatic rings. The number of pyridine rings is 1. The lowest BCUT2D eigenvalue weighted by Crippen LogP contribution is -2.54. The summed E-state index contributed by atoms with van der Waals surface area (Å²) in [5.41, 5.74) is -1.41. The van der Waals surface area contributed by atoms with Crippen LogP contribution < -0.4 is 5.32 Å². The normalized spacial score (nSPS) is 20.2. The molecule has 1 aromatic carbocycles. The van der Waals surface area contributed by atoms with Crippen LogP contribution >= 0.6 is 0 Å². The van der Waals surface area contributed by atoms with E-state index in [4.69, 9.17) is 0 Å². The molecule has 2 atom stereocenters. The van der Waals surface area contributed by atoms with Gasteiger partial charge in [-0.1, -0.05) is 13.8 Å². The van der Waals surface area contributed by atoms with Crippen LogP contribution in [0.2, 0.25) is 0 Å². The predicted octanol–water partition coefficient (Wildman–Crippen LogP) is 3.86. The molecule has 3 amide bonds. The maximum absolute atomic E-state index is 14.3. The van der Waals surface area contributed by atoms with Crippen LogP contribution in [-0.4, -0.2) is 65.2 Å². The number of amides is 3. The van der Waals surface area contributed by atoms with E-state index in [2.05, 4.69) is 10.3 Å². The lowest BCUT2D eigenvalue weighted by Gasteiger charge is -2.43. The van der Waals surface area contributed by atoms with E-state index in [-0.39, 0.29) is 17.2 Å². The van der Waals surface area contributed by atoms with E-state index in [1.54, 1.807) is 43.1 Å². The molecular weight excluding hydrogens is 504 g/mol. The molecule has 1 N–H and O–H groups in total. The molecule has 0 saturated carbocycles. The number of hydrogen-bond donors (Lipinski definition) is 1. The van der Waals surface area contributed by atoms with Crippen molar-refractivity contribution in [3.63, 3.8) is 0 Å². The number of carbonyl (C=O) groups is 3. The zero-order valence-corrected chi connectivity index (χ0v) is 21.4. The van der Waals surface area contributed by atoms with Crippen LogP contribution in [0.1, 0.15) is 54.1 Å². The minimum Gasteiger partial charge on any atom is -0.345 e. The van der Waals surface area contributed by atoms with Gasteiger partial charge in [0.05, 0.1) is 17.0 Å². The Morgan fingerprint density at radius 2 is 1.74 bits per heavy atom. The number of halogens is 4. The fourth-order valence-corrected chi connectivity index (χ4v) is 5.60. The van der Waals surface area contributed by atoms with Crippen molar-refractivity contribution in [3.8, 4) is 0 Å². The Morgan fingerprint density at radius 1 is 1.11 bits per heavy atom. The first kappa shape index (κ1) is 27.5. The van der Waals surface area contributed by atoms with Crippen LogP contribution in [0.3, 0.4) is 0 Å². The highest BCUT2D eigenvalue weighted by atomic mass is 19.4. The average Bonchev–Trinajstić information content (AvgIpc) is 3.11. The second-order valence-electron chi connectivity index (χ2n) is 10.5. The Bertz CT molecular complexity index is 1210. The Balaban J connectivity index is 1.49. The molecule has 1 unspecified atom stereocenters. The van der Waals surface area contributed by atoms with Gasteiger partial charge in [0, 0.05) is 44.5 Å². The highest BCUT2D eigenvalue weighted by Gasteiger charge is 2.53. The summed E-state index contributed by atoms with van der Waals surface area (Å²) in [5.74, 6) is -3.32. The Hall–Kier alpha value is -3.50. The lowest BCUT2D eigenvalue weighted by atomic mass is 9.68. The standard InChI is InChI=1S/C27H30F4N4O3/c1-16(2)22(33-23(36)19-14-18(27(29,30)31)4-5-20(19)28)25(38)35-12-8-26(9-13-35)15-34(3)24(37)21(26)17-6-10-32-11-7-17/h4-7,10-11,14,16,21-22H,8-9,12-13,15H2,1-3H3,(H,33,36)/t21?,22-/m1/s1. The molecule has 7 nitrogen and oxygen atoms in total. The molecule has 1 aromatic heterocycles. The first-order valence-corrected chi connectivity index (χ1v) is 12.5. The molecule has 0 aliphatic carbocycles. The zero-order chi connectivity index (χ0) is 27.8. The molecule has 2 aromatic rings. The van der Waals surface area contributed by atoms with Crippen LogP contribution in [0, 0.1) is 17.2 Å². The van der Waals surface area contributed by atoms with Gasteiger partial charge in [0.15, 0.2) is 0 Å². The zero-order valence-electron chi connectivity index (χ0n) is 21.4. The van der Waals surface area contributed by atoms with Crippen molar-refractivity contribution in [1.29, 1.82) is 0 Å². The summed E-state index contributed by atoms with van der Waals surface area (Å²) in [6.45, 7) is 4.64. The van der Waals surface area contributed by atoms with E-state index >= 15 is 0 Å². The van der Waals surface area contributed by atoms with Crippen molar-refractivity contribution in [2.45, 2.75) is 44.8 Å². The number of carbonyl (C=O) groups excluding carboxylic acids is 3. The molecule has 38 heavy (non-hydrogen) atoms. The predicted molar refractivity (Wildman–Crippen MR) is 130 cm³/mol. The minimum atomic E-state index is -4.75. The number of piperidine rings is 1. The van der Waals surface area contributed by atoms with E-state index in [9.17, 15) is 31.9 Å². The summed E-state index contributed by atoms with van der Waals surface area (Å²) in [4.78, 5) is 46.6. The third-order valence-electron chi connectivity index (χ3n) is 7.66. The maximum Gasteiger partial charge on any atom is 0.416 e. The van der Waals surface area contributed by atoms with Crippen molar-refractivity contribution in [3.05, 3.63) is 65.2 Å². The van der Waals surface area contributed by atoms with E-state index < -0.39 is 46.9 Å². The minimum absolute atomic E-state index is 0.0198. The molecule has 11 heteroatoms. The SMILES string of the molecule is CC(C)[C@@H](NC(=O)c1cc(C(F)(F)F)ccc1F)C(=O)N1CCC2(CC1)CN(C)C(=O)C2c1ccncc1. The average molecular weight is 535 g/mol. The summed E-state index contributed by atoms with van der Waals surface area (Å²) in [6, 6.07) is 4.20. The van der Waals surface area contributed by atoms with Crippen molar-refractivity contribution in [1.82, 2.24) is 20.1 Å². The smallest absolute Gasteiger partial charge is 0.345 e. The third kappa shape index (κ3) is 5.23. The molecule has 0 bridgehead atoms. The van der Waals surface area contributed by atoms with Gasteiger partial charge in [-0.25, -0.2) is 4.39 Å². The second-order valence-corrected chi connectivity index (χ2v) is 10.5. The van der Waals surface area contributed by atoms with Gasteiger partial charge in [-0.2, -0.15) is 13.2 Å². The monoisotopic (exact) mass is 534 g/mol. The summed E-state index contributed by atoms with van der Waals surface area (Å²) in [7, 11) is 1.76. The van der Waals surface area contributed by atoms with Gasteiger partial charge >= 0.3 is 6.18 Å². The molecule has 0 radical (unpaired) electrons. The summed E-state index contributed by atoms with van der Waals surface area (Å²) < 4.78 is 53.5. The van der Waals surface area contributed by atoms with Gasteiger partial charge in [-0.05, 0) is 54.7 Å². The largest absolute Gasteiger partial charge is 0.416 e. The third-order valence-corrected chi connectivity index (χ3v) is 7.66. The number of nitrogens with one attached hydrogen (secondary N) is 1. The molecular formula is C27H30F4N4O3. The molecule has 1 spiro atoms. The van der Waals surface area contributed by atoms with Crippen molar-refractivity contribution < 1.29 is 31.9 Å². The molecule has 3 heterocycles. The van der Waals surface area contributed by atoms with Gasteiger partial charge in [0.1, 0.15) is 11.9 Å². The molecule has 2 fully saturated rings. The van der Waals surface area contributed by atoms with E-state index in [0.29, 0.717) is 50.7 Å². The van der Waals surface area contributed by atoms with Crippen LogP contribution in [0.4, 0.5) is 17.6 Å². The second kappa shape index (κ2) is 10.3. The summed E-state index contributed by atoms with van der Waals surface area (Å²) >= 11 is 0. The molecule has 4 rings (SSSR count). The fraction of sp³-hybridized carbons (Fsp3) is 0.481. The number of likely N-dealkylation sites (tertiary alicyclic amines) is 2. The first-order chi connectivity index (χ1) is 17.8. The quantitative estimate of drug-likeness (QED) is 0.591. The molecule has 2 aliphatic heterocycles. The van der Waals surface area contributed by atoms with Crippen LogP contribution in [-0.2, 0) is 15.8 Å². The number of nitrogens with zero attached hydrogens (tertiary/aromatic N) is 3. The fourth-order valence-electron chi connectivity index (χ4n) is 5.60. The van der Waals surface area contributed by atoms with Gasteiger partial charge in [0.25, 0.3) is 5.91 Å². The lowest BCUT2D eigenvalue weighted by molar-refractivity contribution is -0.138. The van der Waals surface area contributed by atoms with Crippen molar-refractivity contribution in [2.24, 2.45) is 11.3 Å². The summed E-state index contributed by atoms with van der Waals surface area (Å²) in [6.07, 6.45) is -0.331. The highest BCUT2D eigenvalue weighted by Crippen LogP contribution is 2.50. The van der Waals surface area contributed by atoms with Gasteiger partial charge < -0.3 is 15.1 Å². The van der Waals surface area contributed by atoms with Crippen LogP contribution in [0.5, 0.6) is 0 Å². The van der Waals surface area contributed by atoms with Crippen LogP contribution in [0.15, 0.2) is 42.7 Å². The molecule has 204 valence electrons. The highest BCUT2D eigenvalue weighted by molar-refractivity contribution is 5.98. The number of hydrogen-bond acceptors (Lipinski definition) is 4. The van der Waals surface area contributed by atoms with Crippen molar-refractivity contribution >= 4 is 17.7 Å². The summed E-state index contributed by atoms with van der Waals surface area (Å²) in [5, 5.41) is 2.45. The number of aromatic nitrogens is 1. The number of benzene rings is 1. The molecule has 2 saturated heterocycles. The van der Waals surface area contributed by atoms with Crippen LogP contribution in [0.25, 0.3) is 0 Å². The Labute approximate surface area is 218 Å². The topological polar surface area (TPSA) is 82.6 Å². The number of alkyl halides is 3. The first-order valence-electron chi connectivity index (χ1n) is 12.5. The van der Waals surface area contributed by atoms with E-state index in [1.165, 1.54) is 0 Å². The Kier molecular flexibility index (Phi) is 7.49. The number of rotatable bonds is 5. The maximum atomic E-state index is 14.3. The van der Waals surface area contributed by atoms with E-state index in [1.807, 2.05) is 12.1 Å². The van der Waals surface area contributed by atoms with Gasteiger partial charge in [-0.3, -0.25) is 19.4 Å². The van der Waals surface area contributed by atoms with Crippen molar-refractivity contribution in [2.75, 3.05) is 26.7 Å². The van der Waals surface area contributed by atoms with Gasteiger partial charge in [0.2, 0.25) is 11.8 Å². The number of likely N-dealkylation sites (N-methyl/N-ethyl adjacent to an activating group) is 1. The van der Waals surface area contributed by atoms with Gasteiger partial charge in [-0.15, -0.1) is 0 Å². The van der Waals surface area contributed by atoms with E-state index in [0.717, 1.165) is 5.56 Å². The Morgan fingerprint density at radius 3 is 2.32 bits per heavy atom.